The first-order valence-electron chi connectivity index (χ1n) is 4.88. The van der Waals surface area contributed by atoms with Crippen molar-refractivity contribution in [2.24, 2.45) is 0 Å². The van der Waals surface area contributed by atoms with E-state index in [1.54, 1.807) is 6.92 Å². The zero-order chi connectivity index (χ0) is 12.4. The summed E-state index contributed by atoms with van der Waals surface area (Å²) in [6.45, 7) is 1.70. The molecule has 88 valence electrons. The lowest BCUT2D eigenvalue weighted by molar-refractivity contribution is 0.0594. The fourth-order valence-electron chi connectivity index (χ4n) is 1.39. The molecule has 0 fully saturated rings. The fourth-order valence-corrected chi connectivity index (χ4v) is 1.39. The number of aromatic amines is 1. The Morgan fingerprint density at radius 3 is 2.82 bits per heavy atom. The van der Waals surface area contributed by atoms with Crippen LogP contribution in [0.5, 0.6) is 0 Å². The lowest BCUT2D eigenvalue weighted by Gasteiger charge is -1.94. The minimum atomic E-state index is -0.521. The number of carbonyl (C=O) groups excluding carboxylic acids is 1. The van der Waals surface area contributed by atoms with E-state index in [-0.39, 0.29) is 5.69 Å². The molecule has 0 spiro atoms. The van der Waals surface area contributed by atoms with Crippen LogP contribution in [0.2, 0.25) is 0 Å². The lowest BCUT2D eigenvalue weighted by Crippen LogP contribution is -2.03. The predicted molar refractivity (Wildman–Crippen MR) is 57.9 cm³/mol. The van der Waals surface area contributed by atoms with E-state index in [9.17, 15) is 9.18 Å². The number of rotatable bonds is 2. The van der Waals surface area contributed by atoms with E-state index in [1.165, 1.54) is 19.2 Å². The number of carbonyl (C=O) groups is 1. The zero-order valence-electron chi connectivity index (χ0n) is 9.32. The van der Waals surface area contributed by atoms with Gasteiger partial charge in [0.05, 0.1) is 13.3 Å². The molecule has 0 unspecified atom stereocenters. The number of halogens is 1. The summed E-state index contributed by atoms with van der Waals surface area (Å²) in [6.07, 6.45) is 1.09. The summed E-state index contributed by atoms with van der Waals surface area (Å²) < 4.78 is 17.3. The highest BCUT2D eigenvalue weighted by atomic mass is 19.1. The normalized spacial score (nSPS) is 10.3. The van der Waals surface area contributed by atoms with Gasteiger partial charge in [0.25, 0.3) is 0 Å². The number of nitrogens with one attached hydrogen (secondary N) is 1. The summed E-state index contributed by atoms with van der Waals surface area (Å²) >= 11 is 0. The van der Waals surface area contributed by atoms with Gasteiger partial charge in [-0.05, 0) is 19.1 Å². The topological polar surface area (TPSA) is 67.9 Å². The Labute approximate surface area is 96.7 Å². The van der Waals surface area contributed by atoms with Gasteiger partial charge in [0.1, 0.15) is 11.5 Å². The molecule has 0 atom stereocenters. The van der Waals surface area contributed by atoms with E-state index in [0.29, 0.717) is 17.2 Å². The largest absolute Gasteiger partial charge is 0.464 e. The predicted octanol–water partition coefficient (Wildman–Crippen LogP) is 1.71. The summed E-state index contributed by atoms with van der Waals surface area (Å²) in [6, 6.07) is 2.76. The Balaban J connectivity index is 2.41. The molecule has 0 aliphatic carbocycles. The summed E-state index contributed by atoms with van der Waals surface area (Å²) in [5, 5.41) is 0. The van der Waals surface area contributed by atoms with Gasteiger partial charge in [-0.2, -0.15) is 0 Å². The third-order valence-electron chi connectivity index (χ3n) is 2.23. The van der Waals surface area contributed by atoms with Crippen LogP contribution in [0.3, 0.4) is 0 Å². The number of hydrogen-bond acceptors (Lipinski definition) is 4. The number of imidazole rings is 1. The molecule has 5 nitrogen and oxygen atoms in total. The first-order valence-corrected chi connectivity index (χ1v) is 4.88. The molecular weight excluding hydrogens is 225 g/mol. The second-order valence-electron chi connectivity index (χ2n) is 3.41. The molecule has 2 heterocycles. The van der Waals surface area contributed by atoms with Crippen molar-refractivity contribution in [2.45, 2.75) is 6.92 Å². The third-order valence-corrected chi connectivity index (χ3v) is 2.23. The Hall–Kier alpha value is -2.24. The fraction of sp³-hybridized carbons (Fsp3) is 0.182. The number of H-pyrrole nitrogens is 1. The Morgan fingerprint density at radius 2 is 2.24 bits per heavy atom. The maximum atomic E-state index is 12.7. The minimum Gasteiger partial charge on any atom is -0.464 e. The molecule has 0 aliphatic rings. The molecule has 0 saturated carbocycles. The molecule has 0 aliphatic heterocycles. The standard InChI is InChI=1S/C11H10FN3O2/c1-6-9(11(16)17-2)15-10(14-6)8-4-3-7(12)5-13-8/h3-5H,1-2H3,(H,14,15). The molecule has 0 amide bonds. The van der Waals surface area contributed by atoms with Crippen molar-refractivity contribution >= 4 is 5.97 Å². The molecule has 2 aromatic heterocycles. The molecule has 17 heavy (non-hydrogen) atoms. The van der Waals surface area contributed by atoms with E-state index < -0.39 is 11.8 Å². The maximum Gasteiger partial charge on any atom is 0.358 e. The molecule has 2 aromatic rings. The highest BCUT2D eigenvalue weighted by molar-refractivity contribution is 5.89. The van der Waals surface area contributed by atoms with Crippen molar-refractivity contribution < 1.29 is 13.9 Å². The van der Waals surface area contributed by atoms with E-state index in [4.69, 9.17) is 0 Å². The smallest absolute Gasteiger partial charge is 0.358 e. The van der Waals surface area contributed by atoms with Crippen LogP contribution < -0.4 is 0 Å². The van der Waals surface area contributed by atoms with Crippen LogP contribution in [0, 0.1) is 12.7 Å². The highest BCUT2D eigenvalue weighted by Crippen LogP contribution is 2.16. The monoisotopic (exact) mass is 235 g/mol. The van der Waals surface area contributed by atoms with E-state index in [2.05, 4.69) is 19.7 Å². The summed E-state index contributed by atoms with van der Waals surface area (Å²) in [4.78, 5) is 22.2. The molecule has 2 rings (SSSR count). The summed E-state index contributed by atoms with van der Waals surface area (Å²) in [7, 11) is 1.28. The van der Waals surface area contributed by atoms with Crippen LogP contribution in [-0.2, 0) is 4.74 Å². The third kappa shape index (κ3) is 2.15. The summed E-state index contributed by atoms with van der Waals surface area (Å²) in [5.41, 5.74) is 1.25. The van der Waals surface area contributed by atoms with Crippen molar-refractivity contribution in [3.05, 3.63) is 35.5 Å². The zero-order valence-corrected chi connectivity index (χ0v) is 9.32. The van der Waals surface area contributed by atoms with Crippen LogP contribution >= 0.6 is 0 Å². The molecule has 0 radical (unpaired) electrons. The van der Waals surface area contributed by atoms with Crippen LogP contribution in [0.4, 0.5) is 4.39 Å². The molecule has 0 aromatic carbocycles. The van der Waals surface area contributed by atoms with Gasteiger partial charge in [-0.3, -0.25) is 0 Å². The van der Waals surface area contributed by atoms with Crippen molar-refractivity contribution in [1.29, 1.82) is 0 Å². The first-order chi connectivity index (χ1) is 8.11. The molecular formula is C11H10FN3O2. The van der Waals surface area contributed by atoms with Gasteiger partial charge in [0, 0.05) is 5.69 Å². The molecule has 0 bridgehead atoms. The highest BCUT2D eigenvalue weighted by Gasteiger charge is 2.16. The second-order valence-corrected chi connectivity index (χ2v) is 3.41. The lowest BCUT2D eigenvalue weighted by atomic mass is 10.3. The number of nitrogens with zero attached hydrogens (tertiary/aromatic N) is 2. The number of methoxy groups -OCH3 is 1. The Kier molecular flexibility index (Phi) is 2.86. The van der Waals surface area contributed by atoms with Gasteiger partial charge in [-0.25, -0.2) is 19.2 Å². The Morgan fingerprint density at radius 1 is 1.47 bits per heavy atom. The molecule has 6 heteroatoms. The quantitative estimate of drug-likeness (QED) is 0.804. The maximum absolute atomic E-state index is 12.7. The number of ether oxygens (including phenoxy) is 1. The average Bonchev–Trinajstić information content (AvgIpc) is 2.71. The first kappa shape index (κ1) is 11.3. The van der Waals surface area contributed by atoms with Gasteiger partial charge < -0.3 is 9.72 Å². The van der Waals surface area contributed by atoms with Crippen molar-refractivity contribution in [2.75, 3.05) is 7.11 Å². The van der Waals surface area contributed by atoms with E-state index in [0.717, 1.165) is 6.20 Å². The second kappa shape index (κ2) is 4.32. The van der Waals surface area contributed by atoms with Gasteiger partial charge in [0.15, 0.2) is 11.5 Å². The van der Waals surface area contributed by atoms with Crippen LogP contribution in [-0.4, -0.2) is 28.0 Å². The summed E-state index contributed by atoms with van der Waals surface area (Å²) in [5.74, 6) is -0.541. The van der Waals surface area contributed by atoms with Crippen molar-refractivity contribution in [3.63, 3.8) is 0 Å². The number of aromatic nitrogens is 3. The van der Waals surface area contributed by atoms with Crippen LogP contribution in [0.15, 0.2) is 18.3 Å². The van der Waals surface area contributed by atoms with Crippen LogP contribution in [0.1, 0.15) is 16.2 Å². The average molecular weight is 235 g/mol. The Bertz CT molecular complexity index is 548. The van der Waals surface area contributed by atoms with E-state index >= 15 is 0 Å². The van der Waals surface area contributed by atoms with Crippen LogP contribution in [0.25, 0.3) is 11.5 Å². The molecule has 0 saturated heterocycles. The minimum absolute atomic E-state index is 0.202. The van der Waals surface area contributed by atoms with Crippen molar-refractivity contribution in [1.82, 2.24) is 15.0 Å². The number of aryl methyl sites for hydroxylation is 1. The van der Waals surface area contributed by atoms with E-state index in [1.807, 2.05) is 0 Å². The van der Waals surface area contributed by atoms with Gasteiger partial charge in [0.2, 0.25) is 0 Å². The number of esters is 1. The van der Waals surface area contributed by atoms with Gasteiger partial charge in [-0.1, -0.05) is 0 Å². The van der Waals surface area contributed by atoms with Gasteiger partial charge in [-0.15, -0.1) is 0 Å². The van der Waals surface area contributed by atoms with Gasteiger partial charge >= 0.3 is 5.97 Å². The number of pyridine rings is 1. The number of hydrogen-bond donors (Lipinski definition) is 1. The van der Waals surface area contributed by atoms with Crippen molar-refractivity contribution in [3.8, 4) is 11.5 Å². The molecule has 1 N–H and O–H groups in total. The SMILES string of the molecule is COC(=O)c1nc(-c2ccc(F)cn2)[nH]c1C.